The first kappa shape index (κ1) is 16.2. The Balaban J connectivity index is 2.68. The Morgan fingerprint density at radius 1 is 1.35 bits per heavy atom. The molecule has 1 aromatic rings. The summed E-state index contributed by atoms with van der Waals surface area (Å²) in [5, 5.41) is 14.7. The van der Waals surface area contributed by atoms with Gasteiger partial charge in [-0.05, 0) is 51.0 Å². The number of aliphatic hydroxyl groups excluding tert-OH is 1. The van der Waals surface area contributed by atoms with Crippen molar-refractivity contribution in [2.24, 2.45) is 0 Å². The fourth-order valence-corrected chi connectivity index (χ4v) is 1.76. The molecule has 0 aliphatic carbocycles. The molecule has 110 valence electrons. The van der Waals surface area contributed by atoms with Crippen LogP contribution in [0.1, 0.15) is 42.6 Å². The van der Waals surface area contributed by atoms with Gasteiger partial charge in [0.15, 0.2) is 0 Å². The van der Waals surface area contributed by atoms with Crippen molar-refractivity contribution < 1.29 is 14.7 Å². The lowest BCUT2D eigenvalue weighted by Crippen LogP contribution is -2.22. The van der Waals surface area contributed by atoms with E-state index in [9.17, 15) is 9.59 Å². The Labute approximate surface area is 119 Å². The molecule has 20 heavy (non-hydrogen) atoms. The highest BCUT2D eigenvalue weighted by Gasteiger charge is 2.09. The van der Waals surface area contributed by atoms with E-state index in [1.54, 1.807) is 25.1 Å². The molecule has 3 N–H and O–H groups in total. The molecule has 0 aromatic heterocycles. The summed E-state index contributed by atoms with van der Waals surface area (Å²) < 4.78 is 0. The van der Waals surface area contributed by atoms with Gasteiger partial charge in [-0.2, -0.15) is 0 Å². The average molecular weight is 278 g/mol. The lowest BCUT2D eigenvalue weighted by atomic mass is 10.1. The minimum absolute atomic E-state index is 0.123. The number of hydrogen-bond donors (Lipinski definition) is 3. The van der Waals surface area contributed by atoms with Crippen LogP contribution in [0.4, 0.5) is 5.69 Å². The standard InChI is InChI=1S/C15H22N2O3/c1-4-16-15(20)12-6-7-13(10(2)9-12)17-14(19)8-5-11(3)18/h6-7,9,11,18H,4-5,8H2,1-3H3,(H,16,20)(H,17,19). The molecule has 1 rings (SSSR count). The lowest BCUT2D eigenvalue weighted by molar-refractivity contribution is -0.116. The maximum Gasteiger partial charge on any atom is 0.251 e. The average Bonchev–Trinajstić information content (AvgIpc) is 2.39. The highest BCUT2D eigenvalue weighted by atomic mass is 16.3. The molecule has 0 saturated carbocycles. The fraction of sp³-hybridized carbons (Fsp3) is 0.467. The third-order valence-electron chi connectivity index (χ3n) is 2.89. The van der Waals surface area contributed by atoms with Gasteiger partial charge in [0.05, 0.1) is 6.10 Å². The molecule has 0 aliphatic heterocycles. The van der Waals surface area contributed by atoms with Gasteiger partial charge in [-0.25, -0.2) is 0 Å². The zero-order valence-corrected chi connectivity index (χ0v) is 12.2. The monoisotopic (exact) mass is 278 g/mol. The molecule has 5 nitrogen and oxygen atoms in total. The first-order chi connectivity index (χ1) is 9.43. The van der Waals surface area contributed by atoms with Crippen molar-refractivity contribution in [1.82, 2.24) is 5.32 Å². The van der Waals surface area contributed by atoms with Crippen LogP contribution in [-0.4, -0.2) is 29.6 Å². The molecule has 0 fully saturated rings. The summed E-state index contributed by atoms with van der Waals surface area (Å²) in [4.78, 5) is 23.4. The fourth-order valence-electron chi connectivity index (χ4n) is 1.76. The summed E-state index contributed by atoms with van der Waals surface area (Å²) >= 11 is 0. The highest BCUT2D eigenvalue weighted by Crippen LogP contribution is 2.17. The van der Waals surface area contributed by atoms with Crippen LogP contribution in [0, 0.1) is 6.92 Å². The Morgan fingerprint density at radius 3 is 2.60 bits per heavy atom. The van der Waals surface area contributed by atoms with Crippen LogP contribution in [0.2, 0.25) is 0 Å². The third-order valence-corrected chi connectivity index (χ3v) is 2.89. The van der Waals surface area contributed by atoms with Gasteiger partial charge in [0.25, 0.3) is 5.91 Å². The van der Waals surface area contributed by atoms with Crippen molar-refractivity contribution in [2.45, 2.75) is 39.7 Å². The van der Waals surface area contributed by atoms with E-state index in [0.29, 0.717) is 24.2 Å². The Kier molecular flexibility index (Phi) is 6.18. The van der Waals surface area contributed by atoms with E-state index >= 15 is 0 Å². The molecule has 0 radical (unpaired) electrons. The summed E-state index contributed by atoms with van der Waals surface area (Å²) in [6.07, 6.45) is 0.221. The van der Waals surface area contributed by atoms with Crippen molar-refractivity contribution in [1.29, 1.82) is 0 Å². The molecule has 0 spiro atoms. The molecular formula is C15H22N2O3. The normalized spacial score (nSPS) is 11.8. The molecule has 1 unspecified atom stereocenters. The molecule has 0 heterocycles. The predicted molar refractivity (Wildman–Crippen MR) is 78.7 cm³/mol. The Bertz CT molecular complexity index is 484. The van der Waals surface area contributed by atoms with Gasteiger partial charge in [0, 0.05) is 24.2 Å². The first-order valence-corrected chi connectivity index (χ1v) is 6.80. The largest absolute Gasteiger partial charge is 0.393 e. The van der Waals surface area contributed by atoms with Gasteiger partial charge in [-0.15, -0.1) is 0 Å². The van der Waals surface area contributed by atoms with Crippen molar-refractivity contribution in [2.75, 3.05) is 11.9 Å². The van der Waals surface area contributed by atoms with Gasteiger partial charge >= 0.3 is 0 Å². The van der Waals surface area contributed by atoms with Gasteiger partial charge in [-0.1, -0.05) is 0 Å². The molecule has 5 heteroatoms. The number of nitrogens with one attached hydrogen (secondary N) is 2. The zero-order chi connectivity index (χ0) is 15.1. The Hall–Kier alpha value is -1.88. The Morgan fingerprint density at radius 2 is 2.05 bits per heavy atom. The second kappa shape index (κ2) is 7.65. The van der Waals surface area contributed by atoms with Crippen molar-refractivity contribution in [3.63, 3.8) is 0 Å². The van der Waals surface area contributed by atoms with Crippen molar-refractivity contribution in [3.8, 4) is 0 Å². The maximum atomic E-state index is 11.7. The van der Waals surface area contributed by atoms with Crippen molar-refractivity contribution in [3.05, 3.63) is 29.3 Å². The molecule has 0 aliphatic rings. The minimum atomic E-state index is -0.484. The van der Waals surface area contributed by atoms with Crippen LogP contribution in [-0.2, 0) is 4.79 Å². The van der Waals surface area contributed by atoms with E-state index in [1.807, 2.05) is 13.8 Å². The topological polar surface area (TPSA) is 78.4 Å². The van der Waals surface area contributed by atoms with Crippen LogP contribution in [0.25, 0.3) is 0 Å². The van der Waals surface area contributed by atoms with Gasteiger partial charge < -0.3 is 15.7 Å². The van der Waals surface area contributed by atoms with Gasteiger partial charge in [0.1, 0.15) is 0 Å². The lowest BCUT2D eigenvalue weighted by Gasteiger charge is -2.11. The van der Waals surface area contributed by atoms with E-state index in [-0.39, 0.29) is 18.2 Å². The molecule has 2 amide bonds. The molecule has 0 bridgehead atoms. The van der Waals surface area contributed by atoms with Crippen molar-refractivity contribution >= 4 is 17.5 Å². The minimum Gasteiger partial charge on any atom is -0.393 e. The number of carbonyl (C=O) groups excluding carboxylic acids is 2. The van der Waals surface area contributed by atoms with Gasteiger partial charge in [-0.3, -0.25) is 9.59 Å². The summed E-state index contributed by atoms with van der Waals surface area (Å²) in [6.45, 7) is 5.93. The predicted octanol–water partition coefficient (Wildman–Crippen LogP) is 1.84. The van der Waals surface area contributed by atoms with Crippen LogP contribution < -0.4 is 10.6 Å². The molecule has 1 atom stereocenters. The van der Waals surface area contributed by atoms with E-state index in [4.69, 9.17) is 5.11 Å². The second-order valence-corrected chi connectivity index (χ2v) is 4.83. The SMILES string of the molecule is CCNC(=O)c1ccc(NC(=O)CCC(C)O)c(C)c1. The number of benzene rings is 1. The highest BCUT2D eigenvalue weighted by molar-refractivity contribution is 5.96. The number of rotatable bonds is 6. The zero-order valence-electron chi connectivity index (χ0n) is 12.2. The number of amides is 2. The van der Waals surface area contributed by atoms with Crippen LogP contribution in [0.3, 0.4) is 0 Å². The number of hydrogen-bond acceptors (Lipinski definition) is 3. The summed E-state index contributed by atoms with van der Waals surface area (Å²) in [6, 6.07) is 5.15. The molecular weight excluding hydrogens is 256 g/mol. The summed E-state index contributed by atoms with van der Waals surface area (Å²) in [5.41, 5.74) is 2.10. The maximum absolute atomic E-state index is 11.7. The smallest absolute Gasteiger partial charge is 0.251 e. The number of carbonyl (C=O) groups is 2. The van der Waals surface area contributed by atoms with Crippen LogP contribution >= 0.6 is 0 Å². The molecule has 0 saturated heterocycles. The number of aliphatic hydroxyl groups is 1. The van der Waals surface area contributed by atoms with Crippen LogP contribution in [0.5, 0.6) is 0 Å². The summed E-state index contributed by atoms with van der Waals surface area (Å²) in [5.74, 6) is -0.262. The van der Waals surface area contributed by atoms with E-state index in [1.165, 1.54) is 0 Å². The number of anilines is 1. The third kappa shape index (κ3) is 5.01. The van der Waals surface area contributed by atoms with E-state index < -0.39 is 6.10 Å². The van der Waals surface area contributed by atoms with Gasteiger partial charge in [0.2, 0.25) is 5.91 Å². The van der Waals surface area contributed by atoms with E-state index in [2.05, 4.69) is 10.6 Å². The van der Waals surface area contributed by atoms with Crippen LogP contribution in [0.15, 0.2) is 18.2 Å². The molecule has 1 aromatic carbocycles. The number of aryl methyl sites for hydroxylation is 1. The second-order valence-electron chi connectivity index (χ2n) is 4.83. The summed E-state index contributed by atoms with van der Waals surface area (Å²) in [7, 11) is 0. The first-order valence-electron chi connectivity index (χ1n) is 6.80. The van der Waals surface area contributed by atoms with E-state index in [0.717, 1.165) is 5.56 Å². The quantitative estimate of drug-likeness (QED) is 0.743.